The van der Waals surface area contributed by atoms with E-state index in [-0.39, 0.29) is 0 Å². The maximum Gasteiger partial charge on any atom is 0.219 e. The maximum absolute atomic E-state index is 6.02. The van der Waals surface area contributed by atoms with Crippen molar-refractivity contribution in [2.45, 2.75) is 0 Å². The summed E-state index contributed by atoms with van der Waals surface area (Å²) in [4.78, 5) is 4.24. The quantitative estimate of drug-likeness (QED) is 0.785. The average molecular weight is 272 g/mol. The van der Waals surface area contributed by atoms with Crippen LogP contribution in [0.25, 0.3) is 11.3 Å². The SMILES string of the molecule is Clc1ccccc1Oc1ccc(-c2ccn[nH]2)cn1. The first-order valence-electron chi connectivity index (χ1n) is 5.71. The van der Waals surface area contributed by atoms with E-state index in [2.05, 4.69) is 15.2 Å². The van der Waals surface area contributed by atoms with E-state index in [1.54, 1.807) is 30.6 Å². The predicted octanol–water partition coefficient (Wildman–Crippen LogP) is 3.92. The fourth-order valence-corrected chi connectivity index (χ4v) is 1.83. The minimum atomic E-state index is 0.497. The Hall–Kier alpha value is -2.33. The summed E-state index contributed by atoms with van der Waals surface area (Å²) in [6.45, 7) is 0. The summed E-state index contributed by atoms with van der Waals surface area (Å²) in [5.74, 6) is 1.09. The second-order valence-electron chi connectivity index (χ2n) is 3.89. The van der Waals surface area contributed by atoms with Crippen molar-refractivity contribution in [1.82, 2.24) is 15.2 Å². The lowest BCUT2D eigenvalue weighted by Gasteiger charge is -2.06. The Morgan fingerprint density at radius 2 is 1.95 bits per heavy atom. The van der Waals surface area contributed by atoms with Crippen LogP contribution >= 0.6 is 11.6 Å². The van der Waals surface area contributed by atoms with Gasteiger partial charge < -0.3 is 4.74 Å². The number of H-pyrrole nitrogens is 1. The number of hydrogen-bond donors (Lipinski definition) is 1. The van der Waals surface area contributed by atoms with Gasteiger partial charge in [-0.25, -0.2) is 4.98 Å². The van der Waals surface area contributed by atoms with Crippen molar-refractivity contribution in [1.29, 1.82) is 0 Å². The lowest BCUT2D eigenvalue weighted by atomic mass is 10.2. The zero-order chi connectivity index (χ0) is 13.1. The predicted molar refractivity (Wildman–Crippen MR) is 73.3 cm³/mol. The van der Waals surface area contributed by atoms with Crippen LogP contribution in [-0.2, 0) is 0 Å². The third-order valence-electron chi connectivity index (χ3n) is 2.60. The molecule has 0 amide bonds. The Labute approximate surface area is 115 Å². The van der Waals surface area contributed by atoms with Crippen molar-refractivity contribution >= 4 is 11.6 Å². The number of para-hydroxylation sites is 1. The molecule has 3 rings (SSSR count). The fourth-order valence-electron chi connectivity index (χ4n) is 1.66. The van der Waals surface area contributed by atoms with E-state index in [1.807, 2.05) is 24.3 Å². The normalized spacial score (nSPS) is 10.4. The molecule has 0 fully saturated rings. The van der Waals surface area contributed by atoms with Crippen LogP contribution in [0.2, 0.25) is 5.02 Å². The lowest BCUT2D eigenvalue weighted by molar-refractivity contribution is 0.463. The van der Waals surface area contributed by atoms with Crippen molar-refractivity contribution in [2.75, 3.05) is 0 Å². The molecule has 2 aromatic heterocycles. The van der Waals surface area contributed by atoms with E-state index < -0.39 is 0 Å². The molecular formula is C14H10ClN3O. The molecule has 0 unspecified atom stereocenters. The number of aromatic amines is 1. The molecule has 0 atom stereocenters. The molecule has 0 aliphatic carbocycles. The summed E-state index contributed by atoms with van der Waals surface area (Å²) in [6, 6.07) is 12.9. The van der Waals surface area contributed by atoms with Gasteiger partial charge in [0.05, 0.1) is 10.7 Å². The molecule has 3 aromatic rings. The van der Waals surface area contributed by atoms with E-state index >= 15 is 0 Å². The van der Waals surface area contributed by atoms with Crippen LogP contribution in [0.15, 0.2) is 54.9 Å². The Morgan fingerprint density at radius 3 is 2.63 bits per heavy atom. The van der Waals surface area contributed by atoms with Crippen LogP contribution in [0, 0.1) is 0 Å². The summed E-state index contributed by atoms with van der Waals surface area (Å²) in [5, 5.41) is 7.34. The van der Waals surface area contributed by atoms with Crippen molar-refractivity contribution < 1.29 is 4.74 Å². The molecule has 4 nitrogen and oxygen atoms in total. The zero-order valence-corrected chi connectivity index (χ0v) is 10.6. The van der Waals surface area contributed by atoms with Crippen molar-refractivity contribution in [3.63, 3.8) is 0 Å². The first-order valence-corrected chi connectivity index (χ1v) is 6.09. The van der Waals surface area contributed by atoms with Gasteiger partial charge in [-0.2, -0.15) is 5.10 Å². The highest BCUT2D eigenvalue weighted by molar-refractivity contribution is 6.32. The molecule has 5 heteroatoms. The summed E-state index contributed by atoms with van der Waals surface area (Å²) in [6.07, 6.45) is 3.42. The number of ether oxygens (including phenoxy) is 1. The number of rotatable bonds is 3. The topological polar surface area (TPSA) is 50.8 Å². The van der Waals surface area contributed by atoms with E-state index in [1.165, 1.54) is 0 Å². The monoisotopic (exact) mass is 271 g/mol. The molecule has 2 heterocycles. The summed E-state index contributed by atoms with van der Waals surface area (Å²) in [5.41, 5.74) is 1.86. The van der Waals surface area contributed by atoms with Crippen LogP contribution < -0.4 is 4.74 Å². The van der Waals surface area contributed by atoms with Crippen LogP contribution in [-0.4, -0.2) is 15.2 Å². The van der Waals surface area contributed by atoms with Gasteiger partial charge in [0.25, 0.3) is 0 Å². The Balaban J connectivity index is 1.82. The van der Waals surface area contributed by atoms with Gasteiger partial charge in [0.2, 0.25) is 5.88 Å². The summed E-state index contributed by atoms with van der Waals surface area (Å²) < 4.78 is 5.61. The number of benzene rings is 1. The second kappa shape index (κ2) is 5.12. The number of pyridine rings is 1. The molecule has 94 valence electrons. The molecule has 0 spiro atoms. The summed E-state index contributed by atoms with van der Waals surface area (Å²) >= 11 is 6.02. The number of nitrogens with one attached hydrogen (secondary N) is 1. The highest BCUT2D eigenvalue weighted by atomic mass is 35.5. The van der Waals surface area contributed by atoms with Gasteiger partial charge in [0, 0.05) is 24.0 Å². The average Bonchev–Trinajstić information content (AvgIpc) is 2.96. The molecule has 19 heavy (non-hydrogen) atoms. The van der Waals surface area contributed by atoms with Crippen LogP contribution in [0.1, 0.15) is 0 Å². The van der Waals surface area contributed by atoms with Crippen molar-refractivity contribution in [3.8, 4) is 22.9 Å². The van der Waals surface area contributed by atoms with E-state index in [9.17, 15) is 0 Å². The molecule has 0 aliphatic rings. The van der Waals surface area contributed by atoms with E-state index in [0.717, 1.165) is 11.3 Å². The Bertz CT molecular complexity index is 665. The Kier molecular flexibility index (Phi) is 3.16. The van der Waals surface area contributed by atoms with Crippen LogP contribution in [0.5, 0.6) is 11.6 Å². The van der Waals surface area contributed by atoms with Crippen LogP contribution in [0.4, 0.5) is 0 Å². The minimum Gasteiger partial charge on any atom is -0.437 e. The largest absolute Gasteiger partial charge is 0.437 e. The van der Waals surface area contributed by atoms with Gasteiger partial charge in [-0.3, -0.25) is 5.10 Å². The van der Waals surface area contributed by atoms with Gasteiger partial charge in [0.1, 0.15) is 5.75 Å². The third-order valence-corrected chi connectivity index (χ3v) is 2.91. The van der Waals surface area contributed by atoms with Gasteiger partial charge in [-0.15, -0.1) is 0 Å². The minimum absolute atomic E-state index is 0.497. The third kappa shape index (κ3) is 2.58. The molecule has 0 radical (unpaired) electrons. The summed E-state index contributed by atoms with van der Waals surface area (Å²) in [7, 11) is 0. The first kappa shape index (κ1) is 11.7. The maximum atomic E-state index is 6.02. The number of nitrogens with zero attached hydrogens (tertiary/aromatic N) is 2. The van der Waals surface area contributed by atoms with Gasteiger partial charge in [0.15, 0.2) is 0 Å². The van der Waals surface area contributed by atoms with Crippen molar-refractivity contribution in [3.05, 3.63) is 59.9 Å². The van der Waals surface area contributed by atoms with Crippen LogP contribution in [0.3, 0.4) is 0 Å². The standard InChI is InChI=1S/C14H10ClN3O/c15-11-3-1-2-4-13(11)19-14-6-5-10(9-16-14)12-7-8-17-18-12/h1-9H,(H,17,18). The molecule has 0 saturated heterocycles. The molecular weight excluding hydrogens is 262 g/mol. The van der Waals surface area contributed by atoms with Gasteiger partial charge in [-0.1, -0.05) is 23.7 Å². The van der Waals surface area contributed by atoms with Gasteiger partial charge in [-0.05, 0) is 24.3 Å². The lowest BCUT2D eigenvalue weighted by Crippen LogP contribution is -1.89. The fraction of sp³-hybridized carbons (Fsp3) is 0. The zero-order valence-electron chi connectivity index (χ0n) is 9.88. The van der Waals surface area contributed by atoms with E-state index in [4.69, 9.17) is 16.3 Å². The molecule has 0 aliphatic heterocycles. The number of aromatic nitrogens is 3. The number of halogens is 1. The highest BCUT2D eigenvalue weighted by Gasteiger charge is 2.04. The highest BCUT2D eigenvalue weighted by Crippen LogP contribution is 2.28. The molecule has 0 saturated carbocycles. The molecule has 1 N–H and O–H groups in total. The van der Waals surface area contributed by atoms with Crippen molar-refractivity contribution in [2.24, 2.45) is 0 Å². The van der Waals surface area contributed by atoms with Gasteiger partial charge >= 0.3 is 0 Å². The Morgan fingerprint density at radius 1 is 1.05 bits per heavy atom. The number of hydrogen-bond acceptors (Lipinski definition) is 3. The molecule has 1 aromatic carbocycles. The molecule has 0 bridgehead atoms. The smallest absolute Gasteiger partial charge is 0.219 e. The second-order valence-corrected chi connectivity index (χ2v) is 4.30. The first-order chi connectivity index (χ1) is 9.33. The van der Waals surface area contributed by atoms with E-state index in [0.29, 0.717) is 16.7 Å².